The summed E-state index contributed by atoms with van der Waals surface area (Å²) in [4.78, 5) is 14.5. The van der Waals surface area contributed by atoms with E-state index in [4.69, 9.17) is 21.1 Å². The van der Waals surface area contributed by atoms with Crippen LogP contribution >= 0.6 is 23.4 Å². The molecule has 1 aliphatic rings. The Kier molecular flexibility index (Phi) is 6.69. The second-order valence-corrected chi connectivity index (χ2v) is 7.39. The zero-order valence-corrected chi connectivity index (χ0v) is 16.3. The molecule has 1 heterocycles. The maximum absolute atomic E-state index is 12.6. The van der Waals surface area contributed by atoms with Gasteiger partial charge < -0.3 is 14.4 Å². The van der Waals surface area contributed by atoms with Crippen molar-refractivity contribution in [2.24, 2.45) is 0 Å². The van der Waals surface area contributed by atoms with Gasteiger partial charge in [0, 0.05) is 29.4 Å². The van der Waals surface area contributed by atoms with Crippen molar-refractivity contribution in [1.29, 1.82) is 0 Å². The molecular weight excluding hydrogens is 370 g/mol. The van der Waals surface area contributed by atoms with Crippen molar-refractivity contribution in [3.8, 4) is 11.5 Å². The number of carbonyl (C=O) groups excluding carboxylic acids is 1. The third-order valence-electron chi connectivity index (χ3n) is 4.15. The smallest absolute Gasteiger partial charge is 0.232 e. The van der Waals surface area contributed by atoms with Crippen molar-refractivity contribution >= 4 is 29.3 Å². The zero-order chi connectivity index (χ0) is 18.4. The molecular formula is C20H22ClNO3S. The van der Waals surface area contributed by atoms with Gasteiger partial charge in [-0.15, -0.1) is 11.8 Å². The summed E-state index contributed by atoms with van der Waals surface area (Å²) in [5, 5.41) is 0.726. The maximum Gasteiger partial charge on any atom is 0.232 e. The third kappa shape index (κ3) is 4.86. The summed E-state index contributed by atoms with van der Waals surface area (Å²) in [5.41, 5.74) is 2.15. The van der Waals surface area contributed by atoms with Gasteiger partial charge in [-0.1, -0.05) is 35.9 Å². The van der Waals surface area contributed by atoms with Crippen LogP contribution in [0.5, 0.6) is 11.5 Å². The predicted molar refractivity (Wildman–Crippen MR) is 106 cm³/mol. The Hall–Kier alpha value is -1.85. The van der Waals surface area contributed by atoms with Gasteiger partial charge in [-0.25, -0.2) is 0 Å². The molecule has 0 atom stereocenters. The maximum atomic E-state index is 12.6. The number of thioether (sulfide) groups is 1. The van der Waals surface area contributed by atoms with Crippen LogP contribution in [0.25, 0.3) is 0 Å². The summed E-state index contributed by atoms with van der Waals surface area (Å²) in [5.74, 6) is 2.88. The predicted octanol–water partition coefficient (Wildman–Crippen LogP) is 4.39. The van der Waals surface area contributed by atoms with Crippen molar-refractivity contribution in [1.82, 2.24) is 4.90 Å². The fourth-order valence-electron chi connectivity index (χ4n) is 2.77. The van der Waals surface area contributed by atoms with Gasteiger partial charge in [0.05, 0.1) is 5.75 Å². The van der Waals surface area contributed by atoms with Gasteiger partial charge in [0.1, 0.15) is 13.2 Å². The van der Waals surface area contributed by atoms with E-state index in [2.05, 4.69) is 0 Å². The molecule has 0 bridgehead atoms. The average molecular weight is 392 g/mol. The number of fused-ring (bicyclic) bond motifs is 1. The quantitative estimate of drug-likeness (QED) is 0.701. The van der Waals surface area contributed by atoms with E-state index in [1.54, 1.807) is 11.8 Å². The summed E-state index contributed by atoms with van der Waals surface area (Å²) in [6, 6.07) is 13.6. The Morgan fingerprint density at radius 2 is 1.92 bits per heavy atom. The first kappa shape index (κ1) is 18.9. The van der Waals surface area contributed by atoms with Gasteiger partial charge in [0.2, 0.25) is 5.91 Å². The van der Waals surface area contributed by atoms with E-state index in [-0.39, 0.29) is 5.91 Å². The second-order valence-electron chi connectivity index (χ2n) is 5.97. The minimum absolute atomic E-state index is 0.126. The average Bonchev–Trinajstić information content (AvgIpc) is 2.67. The number of hydrogen-bond acceptors (Lipinski definition) is 4. The Balaban J connectivity index is 1.56. The standard InChI is InChI=1S/C20H22ClNO3S/c1-2-22(12-16-4-3-5-18-20(16)25-11-10-24-18)19(23)14-26-13-15-6-8-17(21)9-7-15/h3-9H,2,10-14H2,1H3. The van der Waals surface area contributed by atoms with E-state index in [0.29, 0.717) is 32.1 Å². The number of ether oxygens (including phenoxy) is 2. The first-order chi connectivity index (χ1) is 12.7. The van der Waals surface area contributed by atoms with Crippen LogP contribution in [0.2, 0.25) is 5.02 Å². The molecule has 1 amide bonds. The first-order valence-corrected chi connectivity index (χ1v) is 10.2. The molecule has 2 aromatic rings. The highest BCUT2D eigenvalue weighted by Gasteiger charge is 2.19. The van der Waals surface area contributed by atoms with Crippen LogP contribution in [0.1, 0.15) is 18.1 Å². The van der Waals surface area contributed by atoms with Crippen LogP contribution in [0.4, 0.5) is 0 Å². The Morgan fingerprint density at radius 1 is 1.15 bits per heavy atom. The number of halogens is 1. The van der Waals surface area contributed by atoms with E-state index in [1.807, 2.05) is 54.3 Å². The van der Waals surface area contributed by atoms with Gasteiger partial charge in [-0.3, -0.25) is 4.79 Å². The molecule has 0 aromatic heterocycles. The van der Waals surface area contributed by atoms with Crippen molar-refractivity contribution < 1.29 is 14.3 Å². The Labute approximate surface area is 163 Å². The van der Waals surface area contributed by atoms with Crippen molar-refractivity contribution in [3.05, 3.63) is 58.6 Å². The van der Waals surface area contributed by atoms with E-state index >= 15 is 0 Å². The lowest BCUT2D eigenvalue weighted by Crippen LogP contribution is -2.32. The van der Waals surface area contributed by atoms with Gasteiger partial charge in [-0.2, -0.15) is 0 Å². The summed E-state index contributed by atoms with van der Waals surface area (Å²) < 4.78 is 11.4. The number of para-hydroxylation sites is 1. The lowest BCUT2D eigenvalue weighted by atomic mass is 10.1. The Morgan fingerprint density at radius 3 is 2.69 bits per heavy atom. The van der Waals surface area contributed by atoms with Crippen LogP contribution in [0, 0.1) is 0 Å². The minimum atomic E-state index is 0.126. The molecule has 0 fully saturated rings. The van der Waals surface area contributed by atoms with E-state index < -0.39 is 0 Å². The molecule has 26 heavy (non-hydrogen) atoms. The van der Waals surface area contributed by atoms with Crippen LogP contribution in [0.3, 0.4) is 0 Å². The molecule has 0 spiro atoms. The van der Waals surface area contributed by atoms with Crippen LogP contribution in [-0.2, 0) is 17.1 Å². The van der Waals surface area contributed by atoms with Crippen LogP contribution in [-0.4, -0.2) is 36.3 Å². The first-order valence-electron chi connectivity index (χ1n) is 8.65. The van der Waals surface area contributed by atoms with Crippen molar-refractivity contribution in [2.45, 2.75) is 19.2 Å². The topological polar surface area (TPSA) is 38.8 Å². The van der Waals surface area contributed by atoms with Crippen LogP contribution < -0.4 is 9.47 Å². The van der Waals surface area contributed by atoms with Crippen LogP contribution in [0.15, 0.2) is 42.5 Å². The number of carbonyl (C=O) groups is 1. The highest BCUT2D eigenvalue weighted by atomic mass is 35.5. The fraction of sp³-hybridized carbons (Fsp3) is 0.350. The molecule has 1 aliphatic heterocycles. The number of benzene rings is 2. The van der Waals surface area contributed by atoms with Crippen molar-refractivity contribution in [2.75, 3.05) is 25.5 Å². The molecule has 0 saturated carbocycles. The SMILES string of the molecule is CCN(Cc1cccc2c1OCCO2)C(=O)CSCc1ccc(Cl)cc1. The summed E-state index contributed by atoms with van der Waals surface area (Å²) in [6.07, 6.45) is 0. The van der Waals surface area contributed by atoms with Gasteiger partial charge in [0.25, 0.3) is 0 Å². The number of hydrogen-bond donors (Lipinski definition) is 0. The number of amides is 1. The molecule has 6 heteroatoms. The highest BCUT2D eigenvalue weighted by Crippen LogP contribution is 2.34. The summed E-state index contributed by atoms with van der Waals surface area (Å²) >= 11 is 7.51. The lowest BCUT2D eigenvalue weighted by Gasteiger charge is -2.25. The monoisotopic (exact) mass is 391 g/mol. The molecule has 138 valence electrons. The molecule has 0 N–H and O–H groups in total. The molecule has 4 nitrogen and oxygen atoms in total. The Bertz CT molecular complexity index is 751. The van der Waals surface area contributed by atoms with Crippen molar-refractivity contribution in [3.63, 3.8) is 0 Å². The molecule has 0 saturated heterocycles. The summed E-state index contributed by atoms with van der Waals surface area (Å²) in [6.45, 7) is 4.29. The van der Waals surface area contributed by atoms with Gasteiger partial charge >= 0.3 is 0 Å². The van der Waals surface area contributed by atoms with Gasteiger partial charge in [-0.05, 0) is 30.7 Å². The molecule has 0 radical (unpaired) electrons. The minimum Gasteiger partial charge on any atom is -0.486 e. The zero-order valence-electron chi connectivity index (χ0n) is 14.7. The van der Waals surface area contributed by atoms with E-state index in [1.165, 1.54) is 0 Å². The molecule has 0 aliphatic carbocycles. The molecule has 0 unspecified atom stereocenters. The normalized spacial score (nSPS) is 12.7. The largest absolute Gasteiger partial charge is 0.486 e. The van der Waals surface area contributed by atoms with E-state index in [0.717, 1.165) is 33.4 Å². The second kappa shape index (κ2) is 9.19. The third-order valence-corrected chi connectivity index (χ3v) is 5.39. The molecule has 3 rings (SSSR count). The lowest BCUT2D eigenvalue weighted by molar-refractivity contribution is -0.128. The number of rotatable bonds is 7. The number of nitrogens with zero attached hydrogens (tertiary/aromatic N) is 1. The fourth-order valence-corrected chi connectivity index (χ4v) is 3.78. The molecule has 2 aromatic carbocycles. The van der Waals surface area contributed by atoms with Gasteiger partial charge in [0.15, 0.2) is 11.5 Å². The highest BCUT2D eigenvalue weighted by molar-refractivity contribution is 7.99. The van der Waals surface area contributed by atoms with E-state index in [9.17, 15) is 4.79 Å². The summed E-state index contributed by atoms with van der Waals surface area (Å²) in [7, 11) is 0.